The second-order valence-corrected chi connectivity index (χ2v) is 4.72. The van der Waals surface area contributed by atoms with E-state index in [1.54, 1.807) is 24.3 Å². The smallest absolute Gasteiger partial charge is 0.338 e. The zero-order valence-corrected chi connectivity index (χ0v) is 11.5. The van der Waals surface area contributed by atoms with E-state index in [0.29, 0.717) is 0 Å². The summed E-state index contributed by atoms with van der Waals surface area (Å²) in [4.78, 5) is 22.2. The minimum Gasteiger partial charge on any atom is -0.480 e. The molecule has 1 unspecified atom stereocenters. The van der Waals surface area contributed by atoms with Crippen LogP contribution in [0.25, 0.3) is 0 Å². The van der Waals surface area contributed by atoms with E-state index in [2.05, 4.69) is 5.32 Å². The molecule has 2 aromatic carbocycles. The molecule has 0 fully saturated rings. The third kappa shape index (κ3) is 3.82. The number of aliphatic carboxylic acids is 1. The van der Waals surface area contributed by atoms with Gasteiger partial charge in [-0.05, 0) is 23.8 Å². The van der Waals surface area contributed by atoms with E-state index in [0.717, 1.165) is 17.7 Å². The van der Waals surface area contributed by atoms with Gasteiger partial charge in [0, 0.05) is 12.1 Å². The van der Waals surface area contributed by atoms with Crippen LogP contribution in [0.3, 0.4) is 0 Å². The fourth-order valence-corrected chi connectivity index (χ4v) is 2.03. The topological polar surface area (TPSA) is 86.6 Å². The number of hydrogen-bond donors (Lipinski definition) is 3. The maximum atomic E-state index is 13.3. The molecule has 0 amide bonds. The van der Waals surface area contributed by atoms with Crippen molar-refractivity contribution in [1.29, 1.82) is 0 Å². The maximum absolute atomic E-state index is 13.3. The third-order valence-corrected chi connectivity index (χ3v) is 3.12. The summed E-state index contributed by atoms with van der Waals surface area (Å²) in [7, 11) is 0. The van der Waals surface area contributed by atoms with Crippen LogP contribution in [-0.2, 0) is 11.2 Å². The minimum absolute atomic E-state index is 0.218. The quantitative estimate of drug-likeness (QED) is 0.763. The van der Waals surface area contributed by atoms with Gasteiger partial charge < -0.3 is 15.5 Å². The monoisotopic (exact) mass is 303 g/mol. The number of aromatic carboxylic acids is 1. The van der Waals surface area contributed by atoms with Gasteiger partial charge in [-0.2, -0.15) is 0 Å². The molecule has 3 N–H and O–H groups in total. The predicted molar refractivity (Wildman–Crippen MR) is 78.6 cm³/mol. The SMILES string of the molecule is O=C(O)c1cc(NC(Cc2ccccc2)C(=O)O)ccc1F. The normalized spacial score (nSPS) is 11.7. The Morgan fingerprint density at radius 1 is 1.09 bits per heavy atom. The van der Waals surface area contributed by atoms with E-state index in [1.165, 1.54) is 6.07 Å². The molecule has 6 heteroatoms. The Morgan fingerprint density at radius 2 is 1.77 bits per heavy atom. The fraction of sp³-hybridized carbons (Fsp3) is 0.125. The van der Waals surface area contributed by atoms with Gasteiger partial charge in [-0.3, -0.25) is 0 Å². The summed E-state index contributed by atoms with van der Waals surface area (Å²) in [5.41, 5.74) is 0.555. The number of carbonyl (C=O) groups is 2. The van der Waals surface area contributed by atoms with Crippen molar-refractivity contribution >= 4 is 17.6 Å². The first-order valence-corrected chi connectivity index (χ1v) is 6.53. The first-order chi connectivity index (χ1) is 10.5. The lowest BCUT2D eigenvalue weighted by molar-refractivity contribution is -0.137. The second kappa shape index (κ2) is 6.71. The van der Waals surface area contributed by atoms with Gasteiger partial charge in [0.2, 0.25) is 0 Å². The zero-order chi connectivity index (χ0) is 16.1. The Labute approximate surface area is 126 Å². The van der Waals surface area contributed by atoms with Crippen molar-refractivity contribution in [3.8, 4) is 0 Å². The molecule has 0 heterocycles. The molecule has 114 valence electrons. The summed E-state index contributed by atoms with van der Waals surface area (Å²) in [5, 5.41) is 20.9. The molecular formula is C16H14FNO4. The standard InChI is InChI=1S/C16H14FNO4/c17-13-7-6-11(9-12(13)15(19)20)18-14(16(21)22)8-10-4-2-1-3-5-10/h1-7,9,14,18H,8H2,(H,19,20)(H,21,22). The first-order valence-electron chi connectivity index (χ1n) is 6.53. The van der Waals surface area contributed by atoms with Crippen LogP contribution in [0.15, 0.2) is 48.5 Å². The lowest BCUT2D eigenvalue weighted by atomic mass is 10.1. The summed E-state index contributed by atoms with van der Waals surface area (Å²) < 4.78 is 13.3. The number of carboxylic acids is 2. The van der Waals surface area contributed by atoms with Gasteiger partial charge in [-0.1, -0.05) is 30.3 Å². The Kier molecular flexibility index (Phi) is 4.73. The van der Waals surface area contributed by atoms with Crippen molar-refractivity contribution in [2.75, 3.05) is 5.32 Å². The van der Waals surface area contributed by atoms with E-state index in [1.807, 2.05) is 6.07 Å². The highest BCUT2D eigenvalue weighted by Crippen LogP contribution is 2.17. The number of nitrogens with one attached hydrogen (secondary N) is 1. The van der Waals surface area contributed by atoms with Crippen molar-refractivity contribution in [3.05, 3.63) is 65.5 Å². The van der Waals surface area contributed by atoms with E-state index >= 15 is 0 Å². The van der Waals surface area contributed by atoms with E-state index in [9.17, 15) is 19.1 Å². The highest BCUT2D eigenvalue weighted by molar-refractivity contribution is 5.89. The average molecular weight is 303 g/mol. The Morgan fingerprint density at radius 3 is 2.36 bits per heavy atom. The molecule has 0 spiro atoms. The zero-order valence-electron chi connectivity index (χ0n) is 11.5. The summed E-state index contributed by atoms with van der Waals surface area (Å²) in [6.45, 7) is 0. The van der Waals surface area contributed by atoms with Gasteiger partial charge in [0.25, 0.3) is 0 Å². The number of carboxylic acid groups (broad SMARTS) is 2. The summed E-state index contributed by atoms with van der Waals surface area (Å²) in [6.07, 6.45) is 0.218. The molecule has 22 heavy (non-hydrogen) atoms. The molecule has 0 saturated heterocycles. The number of benzene rings is 2. The molecule has 0 radical (unpaired) electrons. The minimum atomic E-state index is -1.41. The summed E-state index contributed by atoms with van der Waals surface area (Å²) in [6, 6.07) is 11.5. The number of hydrogen-bond acceptors (Lipinski definition) is 3. The predicted octanol–water partition coefficient (Wildman–Crippen LogP) is 2.63. The van der Waals surface area contributed by atoms with Gasteiger partial charge >= 0.3 is 11.9 Å². The Balaban J connectivity index is 2.20. The van der Waals surface area contributed by atoms with Gasteiger partial charge in [-0.15, -0.1) is 0 Å². The van der Waals surface area contributed by atoms with Crippen LogP contribution in [0.5, 0.6) is 0 Å². The molecular weight excluding hydrogens is 289 g/mol. The molecule has 0 bridgehead atoms. The third-order valence-electron chi connectivity index (χ3n) is 3.12. The van der Waals surface area contributed by atoms with Crippen LogP contribution in [0.4, 0.5) is 10.1 Å². The van der Waals surface area contributed by atoms with Crippen molar-refractivity contribution in [2.45, 2.75) is 12.5 Å². The molecule has 2 rings (SSSR count). The highest BCUT2D eigenvalue weighted by atomic mass is 19.1. The van der Waals surface area contributed by atoms with Gasteiger partial charge in [0.15, 0.2) is 0 Å². The van der Waals surface area contributed by atoms with Gasteiger partial charge in [0.1, 0.15) is 11.9 Å². The van der Waals surface area contributed by atoms with Crippen molar-refractivity contribution in [1.82, 2.24) is 0 Å². The Bertz CT molecular complexity index is 688. The summed E-state index contributed by atoms with van der Waals surface area (Å²) >= 11 is 0. The summed E-state index contributed by atoms with van der Waals surface area (Å²) in [5.74, 6) is -3.35. The molecule has 1 atom stereocenters. The molecule has 0 saturated carbocycles. The fourth-order valence-electron chi connectivity index (χ4n) is 2.03. The van der Waals surface area contributed by atoms with Crippen molar-refractivity contribution in [2.24, 2.45) is 0 Å². The van der Waals surface area contributed by atoms with Crippen LogP contribution in [-0.4, -0.2) is 28.2 Å². The van der Waals surface area contributed by atoms with Crippen molar-refractivity contribution < 1.29 is 24.2 Å². The molecule has 0 aliphatic heterocycles. The van der Waals surface area contributed by atoms with Gasteiger partial charge in [-0.25, -0.2) is 14.0 Å². The van der Waals surface area contributed by atoms with Crippen LogP contribution in [0, 0.1) is 5.82 Å². The molecule has 0 aliphatic carbocycles. The number of rotatable bonds is 6. The maximum Gasteiger partial charge on any atom is 0.338 e. The number of halogens is 1. The van der Waals surface area contributed by atoms with E-state index < -0.39 is 29.4 Å². The first kappa shape index (κ1) is 15.5. The lowest BCUT2D eigenvalue weighted by Crippen LogP contribution is -2.31. The van der Waals surface area contributed by atoms with Crippen LogP contribution in [0.1, 0.15) is 15.9 Å². The largest absolute Gasteiger partial charge is 0.480 e. The van der Waals surface area contributed by atoms with E-state index in [-0.39, 0.29) is 12.1 Å². The van der Waals surface area contributed by atoms with E-state index in [4.69, 9.17) is 5.11 Å². The molecule has 2 aromatic rings. The molecule has 0 aliphatic rings. The lowest BCUT2D eigenvalue weighted by Gasteiger charge is -2.16. The molecule has 0 aromatic heterocycles. The second-order valence-electron chi connectivity index (χ2n) is 4.72. The van der Waals surface area contributed by atoms with Crippen LogP contribution in [0.2, 0.25) is 0 Å². The average Bonchev–Trinajstić information content (AvgIpc) is 2.49. The molecule has 5 nitrogen and oxygen atoms in total. The van der Waals surface area contributed by atoms with Gasteiger partial charge in [0.05, 0.1) is 5.56 Å². The van der Waals surface area contributed by atoms with Crippen LogP contribution < -0.4 is 5.32 Å². The van der Waals surface area contributed by atoms with Crippen molar-refractivity contribution in [3.63, 3.8) is 0 Å². The van der Waals surface area contributed by atoms with Crippen LogP contribution >= 0.6 is 0 Å². The number of anilines is 1. The Hall–Kier alpha value is -2.89. The highest BCUT2D eigenvalue weighted by Gasteiger charge is 2.19.